The van der Waals surface area contributed by atoms with Crippen molar-refractivity contribution < 1.29 is 35.4 Å². The normalized spacial score (nSPS) is 19.9. The Morgan fingerprint density at radius 2 is 1.97 bits per heavy atom. The maximum Gasteiger partial charge on any atom is 0.394 e. The van der Waals surface area contributed by atoms with Gasteiger partial charge < -0.3 is 14.4 Å². The van der Waals surface area contributed by atoms with Crippen LogP contribution in [0.4, 0.5) is 8.78 Å². The van der Waals surface area contributed by atoms with Gasteiger partial charge in [0, 0.05) is 19.3 Å². The van der Waals surface area contributed by atoms with Gasteiger partial charge >= 0.3 is 6.11 Å². The number of ether oxygens (including phenoxy) is 2. The van der Waals surface area contributed by atoms with E-state index in [1.165, 1.54) is 12.1 Å². The fourth-order valence-electron chi connectivity index (χ4n) is 2.65. The molecule has 2 heterocycles. The number of fused-ring (bicyclic) bond motifs is 1. The molecule has 30 heavy (non-hydrogen) atoms. The number of benzene rings is 2. The van der Waals surface area contributed by atoms with E-state index in [1.54, 1.807) is 0 Å². The fourth-order valence-corrected chi connectivity index (χ4v) is 2.65. The third-order valence-electron chi connectivity index (χ3n) is 3.92. The zero-order valence-electron chi connectivity index (χ0n) is 24.5. The Balaban J connectivity index is 1.80. The molecule has 0 spiro atoms. The monoisotopic (exact) mass is 420 g/mol. The van der Waals surface area contributed by atoms with Crippen LogP contribution in [0.25, 0.3) is 11.1 Å². The lowest BCUT2D eigenvalue weighted by atomic mass is 10.0. The summed E-state index contributed by atoms with van der Waals surface area (Å²) >= 11 is 0. The molecular formula is C22H19F2N3O3. The van der Waals surface area contributed by atoms with Crippen molar-refractivity contribution in [3.63, 3.8) is 0 Å². The van der Waals surface area contributed by atoms with Crippen molar-refractivity contribution in [2.45, 2.75) is 19.6 Å². The highest BCUT2D eigenvalue weighted by molar-refractivity contribution is 5.98. The van der Waals surface area contributed by atoms with Crippen LogP contribution in [0.5, 0.6) is 11.5 Å². The van der Waals surface area contributed by atoms with Crippen molar-refractivity contribution in [2.24, 2.45) is 0 Å². The number of nitrogens with zero attached hydrogens (tertiary/aromatic N) is 3. The minimum absolute atomic E-state index is 0.0170. The summed E-state index contributed by atoms with van der Waals surface area (Å²) in [4.78, 5) is 22.0. The Morgan fingerprint density at radius 1 is 1.23 bits per heavy atom. The topological polar surface area (TPSA) is 64.6 Å². The first-order chi connectivity index (χ1) is 18.0. The van der Waals surface area contributed by atoms with Gasteiger partial charge in [0.1, 0.15) is 23.9 Å². The second kappa shape index (κ2) is 8.06. The third-order valence-corrected chi connectivity index (χ3v) is 3.92. The maximum atomic E-state index is 13.5. The summed E-state index contributed by atoms with van der Waals surface area (Å²) in [6.07, 6.45) is -4.87. The molecule has 0 unspecified atom stereocenters. The molecule has 0 aliphatic carbocycles. The van der Waals surface area contributed by atoms with Crippen LogP contribution in [-0.2, 0) is 6.54 Å². The molecule has 0 saturated heterocycles. The first kappa shape index (κ1) is 11.6. The second-order valence-corrected chi connectivity index (χ2v) is 6.22. The van der Waals surface area contributed by atoms with Gasteiger partial charge in [-0.05, 0) is 41.4 Å². The summed E-state index contributed by atoms with van der Waals surface area (Å²) in [6.45, 7) is -3.07. The van der Waals surface area contributed by atoms with Crippen LogP contribution in [0, 0.1) is 0 Å². The molecule has 0 N–H and O–H groups in total. The predicted molar refractivity (Wildman–Crippen MR) is 105 cm³/mol. The number of amides is 1. The van der Waals surface area contributed by atoms with E-state index in [0.717, 1.165) is 11.0 Å². The van der Waals surface area contributed by atoms with Gasteiger partial charge in [-0.2, -0.15) is 8.78 Å². The van der Waals surface area contributed by atoms with Gasteiger partial charge in [-0.15, -0.1) is 0 Å². The molecule has 0 radical (unpaired) electrons. The van der Waals surface area contributed by atoms with Gasteiger partial charge in [0.25, 0.3) is 5.91 Å². The Hall–Kier alpha value is -3.55. The number of carbonyl (C=O) groups excluding carboxylic acids is 1. The van der Waals surface area contributed by atoms with Gasteiger partial charge in [0.15, 0.2) is 0 Å². The Kier molecular flexibility index (Phi) is 3.11. The number of rotatable bonds is 5. The summed E-state index contributed by atoms with van der Waals surface area (Å²) in [5.74, 6) is -2.13. The summed E-state index contributed by atoms with van der Waals surface area (Å²) in [5, 5.41) is 0. The van der Waals surface area contributed by atoms with Crippen molar-refractivity contribution in [1.29, 1.82) is 0 Å². The van der Waals surface area contributed by atoms with Crippen LogP contribution in [0.2, 0.25) is 0 Å². The summed E-state index contributed by atoms with van der Waals surface area (Å²) in [5.41, 5.74) is -0.560. The van der Waals surface area contributed by atoms with E-state index in [2.05, 4.69) is 14.7 Å². The molecule has 0 atom stereocenters. The lowest BCUT2D eigenvalue weighted by molar-refractivity contribution is -0.158. The van der Waals surface area contributed by atoms with Crippen molar-refractivity contribution in [1.82, 2.24) is 14.9 Å². The number of halogens is 2. The number of carbonyl (C=O) groups is 1. The van der Waals surface area contributed by atoms with E-state index in [4.69, 9.17) is 17.1 Å². The number of hydrogen-bond donors (Lipinski definition) is 0. The Bertz CT molecular complexity index is 1450. The molecular weight excluding hydrogens is 392 g/mol. The van der Waals surface area contributed by atoms with E-state index < -0.39 is 80.0 Å². The van der Waals surface area contributed by atoms with E-state index >= 15 is 0 Å². The molecule has 0 bridgehead atoms. The first-order valence-electron chi connectivity index (χ1n) is 13.1. The molecule has 6 nitrogen and oxygen atoms in total. The van der Waals surface area contributed by atoms with E-state index in [-0.39, 0.29) is 28.3 Å². The molecule has 0 saturated carbocycles. The number of alkyl halides is 2. The smallest absolute Gasteiger partial charge is 0.394 e. The quantitative estimate of drug-likeness (QED) is 0.620. The van der Waals surface area contributed by atoms with Crippen LogP contribution in [0.1, 0.15) is 35.4 Å². The third kappa shape index (κ3) is 4.53. The van der Waals surface area contributed by atoms with Crippen molar-refractivity contribution in [2.75, 3.05) is 13.1 Å². The van der Waals surface area contributed by atoms with Crippen molar-refractivity contribution >= 4 is 5.91 Å². The molecule has 1 aliphatic rings. The Morgan fingerprint density at radius 3 is 2.67 bits per heavy atom. The lowest BCUT2D eigenvalue weighted by Gasteiger charge is -2.19. The van der Waals surface area contributed by atoms with Crippen LogP contribution in [0.3, 0.4) is 0 Å². The summed E-state index contributed by atoms with van der Waals surface area (Å²) in [7, 11) is 0. The molecule has 154 valence electrons. The van der Waals surface area contributed by atoms with Gasteiger partial charge in [-0.25, -0.2) is 9.97 Å². The van der Waals surface area contributed by atoms with Gasteiger partial charge in [0.05, 0.1) is 31.0 Å². The molecule has 4 rings (SSSR count). The molecule has 1 aliphatic heterocycles. The molecule has 8 heteroatoms. The van der Waals surface area contributed by atoms with Gasteiger partial charge in [0.2, 0.25) is 0 Å². The SMILES string of the molecule is [2H]c1nc(CN2CC([2H])([2H])Oc3ccc(-c4c([2H])c([2H])c(OC(C)(F)F)c([2H])c4[2H])cc3C2=O)nc([2H])c1[2H]. The van der Waals surface area contributed by atoms with Crippen molar-refractivity contribution in [3.05, 3.63) is 72.1 Å². The van der Waals surface area contributed by atoms with Crippen LogP contribution >= 0.6 is 0 Å². The first-order valence-corrected chi connectivity index (χ1v) is 8.59. The fraction of sp³-hybridized carbons (Fsp3) is 0.227. The van der Waals surface area contributed by atoms with Crippen LogP contribution in [0.15, 0.2) is 60.8 Å². The minimum atomic E-state index is -3.77. The summed E-state index contributed by atoms with van der Waals surface area (Å²) < 4.78 is 109. The van der Waals surface area contributed by atoms with E-state index in [0.29, 0.717) is 6.92 Å². The van der Waals surface area contributed by atoms with Gasteiger partial charge in [-0.3, -0.25) is 4.79 Å². The molecule has 1 amide bonds. The zero-order valence-corrected chi connectivity index (χ0v) is 15.5. The maximum absolute atomic E-state index is 13.5. The second-order valence-electron chi connectivity index (χ2n) is 6.22. The number of hydrogen-bond acceptors (Lipinski definition) is 5. The minimum Gasteiger partial charge on any atom is -0.491 e. The van der Waals surface area contributed by atoms with Crippen molar-refractivity contribution in [3.8, 4) is 22.6 Å². The Labute approximate surface area is 184 Å². The molecule has 3 aromatic rings. The standard InChI is InChI=1S/C22H19F2N3O3/c1-22(23,24)30-17-6-3-15(4-7-17)16-5-8-19-18(13-16)21(28)27(11-12-29-19)14-20-25-9-2-10-26-20/h2-10,13H,11-12,14H2,1H3/i2D,3D,4D,6D,7D,9D,10D,12D2. The lowest BCUT2D eigenvalue weighted by Crippen LogP contribution is -2.32. The predicted octanol–water partition coefficient (Wildman–Crippen LogP) is 4.17. The summed E-state index contributed by atoms with van der Waals surface area (Å²) in [6, 6.07) is -0.0371. The zero-order chi connectivity index (χ0) is 29.0. The van der Waals surface area contributed by atoms with Gasteiger partial charge in [-0.1, -0.05) is 18.2 Å². The highest BCUT2D eigenvalue weighted by Gasteiger charge is 2.25. The largest absolute Gasteiger partial charge is 0.491 e. The van der Waals surface area contributed by atoms with Crippen LogP contribution in [-0.4, -0.2) is 40.0 Å². The molecule has 0 fully saturated rings. The molecule has 1 aromatic heterocycles. The highest BCUT2D eigenvalue weighted by atomic mass is 19.3. The average molecular weight is 420 g/mol. The number of aromatic nitrogens is 2. The van der Waals surface area contributed by atoms with E-state index in [1.807, 2.05) is 0 Å². The average Bonchev–Trinajstić information content (AvgIpc) is 2.91. The highest BCUT2D eigenvalue weighted by Crippen LogP contribution is 2.31. The van der Waals surface area contributed by atoms with Crippen LogP contribution < -0.4 is 9.47 Å². The van der Waals surface area contributed by atoms with E-state index in [9.17, 15) is 13.6 Å². The molecule has 2 aromatic carbocycles.